The molecule has 2 aromatic rings. The van der Waals surface area contributed by atoms with E-state index in [1.165, 1.54) is 16.8 Å². The van der Waals surface area contributed by atoms with Crippen molar-refractivity contribution in [2.24, 2.45) is 5.73 Å². The fraction of sp³-hybridized carbons (Fsp3) is 0.0769. The first kappa shape index (κ1) is 12.7. The topological polar surface area (TPSA) is 95.0 Å². The lowest BCUT2D eigenvalue weighted by atomic mass is 10.1. The molecule has 0 radical (unpaired) electrons. The molecule has 0 spiro atoms. The van der Waals surface area contributed by atoms with Gasteiger partial charge in [-0.05, 0) is 25.1 Å². The number of hydrogen-bond acceptors (Lipinski definition) is 4. The van der Waals surface area contributed by atoms with E-state index in [1.807, 2.05) is 0 Å². The Hall–Kier alpha value is -2.76. The Balaban J connectivity index is 2.87. The molecule has 1 amide bonds. The highest BCUT2D eigenvalue weighted by atomic mass is 16.2. The predicted octanol–water partition coefficient (Wildman–Crippen LogP) is 0.452. The highest BCUT2D eigenvalue weighted by molar-refractivity contribution is 5.94. The molecule has 2 aromatic heterocycles. The Bertz CT molecular complexity index is 705. The van der Waals surface area contributed by atoms with E-state index in [0.717, 1.165) is 0 Å². The van der Waals surface area contributed by atoms with E-state index in [4.69, 9.17) is 5.73 Å². The van der Waals surface area contributed by atoms with Gasteiger partial charge in [0.15, 0.2) is 6.29 Å². The summed E-state index contributed by atoms with van der Waals surface area (Å²) in [6.07, 6.45) is 2.08. The maximum atomic E-state index is 12.2. The van der Waals surface area contributed by atoms with E-state index >= 15 is 0 Å². The number of amides is 1. The quantitative estimate of drug-likeness (QED) is 0.807. The largest absolute Gasteiger partial charge is 0.365 e. The molecule has 96 valence electrons. The summed E-state index contributed by atoms with van der Waals surface area (Å²) in [5.41, 5.74) is 4.95. The number of nitrogens with zero attached hydrogens (tertiary/aromatic N) is 2. The van der Waals surface area contributed by atoms with Crippen molar-refractivity contribution in [3.63, 3.8) is 0 Å². The molecule has 6 nitrogen and oxygen atoms in total. The number of hydrogen-bond donors (Lipinski definition) is 1. The fourth-order valence-corrected chi connectivity index (χ4v) is 1.78. The first-order valence-electron chi connectivity index (χ1n) is 5.49. The monoisotopic (exact) mass is 257 g/mol. The SMILES string of the molecule is Cc1c(C=O)cc(C(N)=O)c(=O)n1-c1ccccn1. The van der Waals surface area contributed by atoms with E-state index < -0.39 is 11.5 Å². The van der Waals surface area contributed by atoms with Crippen molar-refractivity contribution in [1.29, 1.82) is 0 Å². The van der Waals surface area contributed by atoms with E-state index in [-0.39, 0.29) is 11.1 Å². The Morgan fingerprint density at radius 1 is 1.42 bits per heavy atom. The molecule has 0 saturated carbocycles. The molecule has 2 heterocycles. The summed E-state index contributed by atoms with van der Waals surface area (Å²) < 4.78 is 1.20. The van der Waals surface area contributed by atoms with Crippen molar-refractivity contribution in [3.8, 4) is 5.82 Å². The summed E-state index contributed by atoms with van der Waals surface area (Å²) in [6.45, 7) is 1.60. The number of rotatable bonds is 3. The number of carbonyl (C=O) groups excluding carboxylic acids is 2. The van der Waals surface area contributed by atoms with Crippen LogP contribution >= 0.6 is 0 Å². The molecule has 0 fully saturated rings. The average molecular weight is 257 g/mol. The van der Waals surface area contributed by atoms with Crippen molar-refractivity contribution in [2.45, 2.75) is 6.92 Å². The molecule has 0 aliphatic heterocycles. The number of pyridine rings is 2. The maximum absolute atomic E-state index is 12.2. The van der Waals surface area contributed by atoms with E-state index in [2.05, 4.69) is 4.98 Å². The van der Waals surface area contributed by atoms with Crippen molar-refractivity contribution >= 4 is 12.2 Å². The van der Waals surface area contributed by atoms with Gasteiger partial charge in [-0.15, -0.1) is 0 Å². The highest BCUT2D eigenvalue weighted by Crippen LogP contribution is 2.10. The van der Waals surface area contributed by atoms with Crippen LogP contribution in [-0.2, 0) is 0 Å². The van der Waals surface area contributed by atoms with Crippen LogP contribution in [0.2, 0.25) is 0 Å². The fourth-order valence-electron chi connectivity index (χ4n) is 1.78. The molecule has 0 atom stereocenters. The Kier molecular flexibility index (Phi) is 3.24. The van der Waals surface area contributed by atoms with Crippen LogP contribution in [0.15, 0.2) is 35.3 Å². The van der Waals surface area contributed by atoms with Gasteiger partial charge in [-0.2, -0.15) is 0 Å². The van der Waals surface area contributed by atoms with Crippen LogP contribution in [0.3, 0.4) is 0 Å². The number of aldehydes is 1. The molecule has 0 aliphatic rings. The Morgan fingerprint density at radius 3 is 2.68 bits per heavy atom. The minimum atomic E-state index is -0.877. The zero-order valence-corrected chi connectivity index (χ0v) is 10.2. The molecule has 2 N–H and O–H groups in total. The predicted molar refractivity (Wildman–Crippen MR) is 68.5 cm³/mol. The third-order valence-electron chi connectivity index (χ3n) is 2.76. The lowest BCUT2D eigenvalue weighted by Gasteiger charge is -2.12. The highest BCUT2D eigenvalue weighted by Gasteiger charge is 2.16. The van der Waals surface area contributed by atoms with E-state index in [1.54, 1.807) is 25.1 Å². The summed E-state index contributed by atoms with van der Waals surface area (Å²) in [4.78, 5) is 38.5. The molecule has 6 heteroatoms. The molecule has 2 rings (SSSR count). The normalized spacial score (nSPS) is 10.2. The van der Waals surface area contributed by atoms with Crippen LogP contribution < -0.4 is 11.3 Å². The smallest absolute Gasteiger partial charge is 0.269 e. The van der Waals surface area contributed by atoms with Crippen LogP contribution in [0.5, 0.6) is 0 Å². The maximum Gasteiger partial charge on any atom is 0.269 e. The van der Waals surface area contributed by atoms with E-state index in [9.17, 15) is 14.4 Å². The van der Waals surface area contributed by atoms with Gasteiger partial charge in [-0.1, -0.05) is 6.07 Å². The third kappa shape index (κ3) is 2.15. The molecule has 0 aromatic carbocycles. The van der Waals surface area contributed by atoms with Crippen molar-refractivity contribution in [1.82, 2.24) is 9.55 Å². The lowest BCUT2D eigenvalue weighted by molar-refractivity contribution is 0.0998. The van der Waals surface area contributed by atoms with Gasteiger partial charge in [0.1, 0.15) is 11.4 Å². The molecule has 19 heavy (non-hydrogen) atoms. The summed E-state index contributed by atoms with van der Waals surface area (Å²) in [5, 5.41) is 0. The summed E-state index contributed by atoms with van der Waals surface area (Å²) in [7, 11) is 0. The summed E-state index contributed by atoms with van der Waals surface area (Å²) >= 11 is 0. The van der Waals surface area contributed by atoms with Crippen LogP contribution in [0.25, 0.3) is 5.82 Å². The first-order valence-corrected chi connectivity index (χ1v) is 5.49. The van der Waals surface area contributed by atoms with Gasteiger partial charge < -0.3 is 5.73 Å². The third-order valence-corrected chi connectivity index (χ3v) is 2.76. The van der Waals surface area contributed by atoms with Crippen LogP contribution in [0.4, 0.5) is 0 Å². The molecule has 0 bridgehead atoms. The molecule has 0 saturated heterocycles. The van der Waals surface area contributed by atoms with Crippen LogP contribution in [0, 0.1) is 6.92 Å². The summed E-state index contributed by atoms with van der Waals surface area (Å²) in [6, 6.07) is 6.20. The van der Waals surface area contributed by atoms with Gasteiger partial charge in [0.05, 0.1) is 0 Å². The van der Waals surface area contributed by atoms with Gasteiger partial charge >= 0.3 is 0 Å². The Morgan fingerprint density at radius 2 is 2.16 bits per heavy atom. The van der Waals surface area contributed by atoms with Crippen molar-refractivity contribution < 1.29 is 9.59 Å². The molecular formula is C13H11N3O3. The molecule has 0 aliphatic carbocycles. The number of aromatic nitrogens is 2. The second-order valence-corrected chi connectivity index (χ2v) is 3.91. The zero-order valence-electron chi connectivity index (χ0n) is 10.2. The number of carbonyl (C=O) groups is 2. The van der Waals surface area contributed by atoms with Crippen LogP contribution in [0.1, 0.15) is 26.4 Å². The average Bonchev–Trinajstić information content (AvgIpc) is 2.40. The van der Waals surface area contributed by atoms with Crippen molar-refractivity contribution in [3.05, 3.63) is 57.6 Å². The summed E-state index contributed by atoms with van der Waals surface area (Å²) in [5.74, 6) is -0.547. The van der Waals surface area contributed by atoms with E-state index in [0.29, 0.717) is 17.8 Å². The Labute approximate surface area is 108 Å². The number of primary amides is 1. The lowest BCUT2D eigenvalue weighted by Crippen LogP contribution is -2.31. The molecule has 0 unspecified atom stereocenters. The standard InChI is InChI=1S/C13H11N3O3/c1-8-9(7-17)6-10(12(14)18)13(19)16(8)11-4-2-3-5-15-11/h2-7H,1H3,(H2,14,18). The van der Waals surface area contributed by atoms with Gasteiger partial charge in [0, 0.05) is 17.5 Å². The number of nitrogens with two attached hydrogens (primary N) is 1. The second-order valence-electron chi connectivity index (χ2n) is 3.91. The van der Waals surface area contributed by atoms with Crippen LogP contribution in [-0.4, -0.2) is 21.7 Å². The van der Waals surface area contributed by atoms with Gasteiger partial charge in [-0.3, -0.25) is 19.0 Å². The van der Waals surface area contributed by atoms with Gasteiger partial charge in [-0.25, -0.2) is 4.98 Å². The minimum Gasteiger partial charge on any atom is -0.365 e. The minimum absolute atomic E-state index is 0.221. The van der Waals surface area contributed by atoms with Gasteiger partial charge in [0.2, 0.25) is 0 Å². The van der Waals surface area contributed by atoms with Gasteiger partial charge in [0.25, 0.3) is 11.5 Å². The second kappa shape index (κ2) is 4.85. The first-order chi connectivity index (χ1) is 9.06. The zero-order chi connectivity index (χ0) is 14.0. The molecular weight excluding hydrogens is 246 g/mol. The van der Waals surface area contributed by atoms with Crippen molar-refractivity contribution in [2.75, 3.05) is 0 Å².